The minimum absolute atomic E-state index is 0.0643. The Morgan fingerprint density at radius 2 is 2.10 bits per heavy atom. The number of benzene rings is 1. The number of fused-ring (bicyclic) bond motifs is 1. The van der Waals surface area contributed by atoms with Crippen LogP contribution >= 0.6 is 0 Å². The molecular weight excluding hydrogens is 411 g/mol. The van der Waals surface area contributed by atoms with Crippen LogP contribution in [0.5, 0.6) is 0 Å². The van der Waals surface area contributed by atoms with E-state index in [1.165, 1.54) is 17.0 Å². The number of hydrogen-bond donors (Lipinski definition) is 1. The summed E-state index contributed by atoms with van der Waals surface area (Å²) in [5, 5.41) is 2.80. The molecule has 0 saturated carbocycles. The molecule has 0 unspecified atom stereocenters. The third kappa shape index (κ3) is 3.20. The number of rotatable bonds is 4. The minimum atomic E-state index is -4.52. The third-order valence-electron chi connectivity index (χ3n) is 6.06. The van der Waals surface area contributed by atoms with Gasteiger partial charge in [-0.3, -0.25) is 14.6 Å². The highest BCUT2D eigenvalue weighted by Crippen LogP contribution is 2.52. The Bertz CT molecular complexity index is 1070. The van der Waals surface area contributed by atoms with E-state index in [0.29, 0.717) is 5.69 Å². The Hall–Kier alpha value is -3.20. The number of hydrogen-bond acceptors (Lipinski definition) is 4. The SMILES string of the molecule is O=C(NCc1ccccn1)[C@@H]1[C@H]2C(=O)N(c3cccc(C(F)(F)F)c3)C[C@@]23C=C[C@H]1O3. The van der Waals surface area contributed by atoms with E-state index in [9.17, 15) is 22.8 Å². The van der Waals surface area contributed by atoms with Crippen molar-refractivity contribution in [3.8, 4) is 0 Å². The summed E-state index contributed by atoms with van der Waals surface area (Å²) in [5.41, 5.74) is -1.04. The largest absolute Gasteiger partial charge is 0.416 e. The minimum Gasteiger partial charge on any atom is -0.360 e. The molecule has 2 saturated heterocycles. The molecule has 0 aliphatic carbocycles. The molecule has 1 N–H and O–H groups in total. The van der Waals surface area contributed by atoms with E-state index >= 15 is 0 Å². The first kappa shape index (κ1) is 19.7. The number of amides is 2. The first-order valence-electron chi connectivity index (χ1n) is 9.82. The number of carbonyl (C=O) groups excluding carboxylic acids is 2. The second-order valence-electron chi connectivity index (χ2n) is 7.91. The van der Waals surface area contributed by atoms with Crippen molar-refractivity contribution in [2.45, 2.75) is 24.4 Å². The highest BCUT2D eigenvalue weighted by molar-refractivity contribution is 6.03. The van der Waals surface area contributed by atoms with Crippen LogP contribution in [0.4, 0.5) is 18.9 Å². The summed E-state index contributed by atoms with van der Waals surface area (Å²) in [6.07, 6.45) is 0.0745. The summed E-state index contributed by atoms with van der Waals surface area (Å²) < 4.78 is 45.4. The molecule has 2 bridgehead atoms. The quantitative estimate of drug-likeness (QED) is 0.759. The normalized spacial score (nSPS) is 28.8. The predicted molar refractivity (Wildman–Crippen MR) is 104 cm³/mol. The van der Waals surface area contributed by atoms with Crippen LogP contribution in [0.25, 0.3) is 0 Å². The van der Waals surface area contributed by atoms with Crippen LogP contribution in [0, 0.1) is 11.8 Å². The van der Waals surface area contributed by atoms with Gasteiger partial charge < -0.3 is 15.0 Å². The topological polar surface area (TPSA) is 71.5 Å². The molecule has 3 aliphatic heterocycles. The van der Waals surface area contributed by atoms with Gasteiger partial charge in [0, 0.05) is 11.9 Å². The van der Waals surface area contributed by atoms with Gasteiger partial charge in [0.05, 0.1) is 42.3 Å². The van der Waals surface area contributed by atoms with Gasteiger partial charge in [-0.25, -0.2) is 0 Å². The Kier molecular flexibility index (Phi) is 4.40. The number of carbonyl (C=O) groups is 2. The summed E-state index contributed by atoms with van der Waals surface area (Å²) in [6.45, 7) is 0.271. The smallest absolute Gasteiger partial charge is 0.360 e. The Morgan fingerprint density at radius 3 is 2.84 bits per heavy atom. The predicted octanol–water partition coefficient (Wildman–Crippen LogP) is 2.70. The van der Waals surface area contributed by atoms with E-state index < -0.39 is 41.2 Å². The highest BCUT2D eigenvalue weighted by Gasteiger charge is 2.67. The average molecular weight is 429 g/mol. The van der Waals surface area contributed by atoms with Crippen LogP contribution in [-0.2, 0) is 27.0 Å². The zero-order chi connectivity index (χ0) is 21.8. The van der Waals surface area contributed by atoms with Crippen molar-refractivity contribution in [1.82, 2.24) is 10.3 Å². The molecule has 31 heavy (non-hydrogen) atoms. The van der Waals surface area contributed by atoms with E-state index in [1.54, 1.807) is 36.5 Å². The fourth-order valence-corrected chi connectivity index (χ4v) is 4.66. The zero-order valence-electron chi connectivity index (χ0n) is 16.2. The molecule has 4 atom stereocenters. The molecule has 2 fully saturated rings. The standard InChI is InChI=1S/C22H18F3N3O3/c23-22(24,25)13-4-3-6-15(10-13)28-12-21-8-7-16(31-21)17(18(21)20(28)30)19(29)27-11-14-5-1-2-9-26-14/h1-10,16-18H,11-12H2,(H,27,29)/t16-,17+,18+,21+/m1/s1. The molecule has 0 radical (unpaired) electrons. The lowest BCUT2D eigenvalue weighted by Crippen LogP contribution is -2.44. The fourth-order valence-electron chi connectivity index (χ4n) is 4.66. The molecule has 4 heterocycles. The lowest BCUT2D eigenvalue weighted by atomic mass is 9.77. The van der Waals surface area contributed by atoms with Crippen LogP contribution in [-0.4, -0.2) is 35.0 Å². The summed E-state index contributed by atoms with van der Waals surface area (Å²) >= 11 is 0. The maximum absolute atomic E-state index is 13.3. The molecule has 6 nitrogen and oxygen atoms in total. The van der Waals surface area contributed by atoms with Crippen LogP contribution < -0.4 is 10.2 Å². The van der Waals surface area contributed by atoms with Crippen molar-refractivity contribution >= 4 is 17.5 Å². The summed E-state index contributed by atoms with van der Waals surface area (Å²) in [5.74, 6) is -2.30. The molecule has 2 amide bonds. The molecule has 9 heteroatoms. The molecule has 1 aromatic carbocycles. The molecule has 160 valence electrons. The summed E-state index contributed by atoms with van der Waals surface area (Å²) in [4.78, 5) is 31.7. The van der Waals surface area contributed by atoms with Gasteiger partial charge in [0.1, 0.15) is 5.60 Å². The summed E-state index contributed by atoms with van der Waals surface area (Å²) in [7, 11) is 0. The van der Waals surface area contributed by atoms with Crippen molar-refractivity contribution < 1.29 is 27.5 Å². The zero-order valence-corrected chi connectivity index (χ0v) is 16.2. The lowest BCUT2D eigenvalue weighted by Gasteiger charge is -2.23. The number of ether oxygens (including phenoxy) is 1. The van der Waals surface area contributed by atoms with Crippen molar-refractivity contribution in [1.29, 1.82) is 0 Å². The molecule has 1 spiro atoms. The van der Waals surface area contributed by atoms with E-state index in [2.05, 4.69) is 10.3 Å². The number of pyridine rings is 1. The van der Waals surface area contributed by atoms with Gasteiger partial charge in [0.25, 0.3) is 0 Å². The average Bonchev–Trinajstić information content (AvgIpc) is 3.40. The van der Waals surface area contributed by atoms with Gasteiger partial charge in [-0.15, -0.1) is 0 Å². The maximum Gasteiger partial charge on any atom is 0.416 e. The van der Waals surface area contributed by atoms with Gasteiger partial charge in [-0.2, -0.15) is 13.2 Å². The first-order chi connectivity index (χ1) is 14.8. The monoisotopic (exact) mass is 429 g/mol. The number of nitrogens with zero attached hydrogens (tertiary/aromatic N) is 2. The molecular formula is C22H18F3N3O3. The molecule has 2 aromatic rings. The lowest BCUT2D eigenvalue weighted by molar-refractivity contribution is -0.137. The van der Waals surface area contributed by atoms with Crippen molar-refractivity contribution in [2.24, 2.45) is 11.8 Å². The van der Waals surface area contributed by atoms with E-state index in [0.717, 1.165) is 12.1 Å². The van der Waals surface area contributed by atoms with Gasteiger partial charge in [0.2, 0.25) is 11.8 Å². The number of nitrogens with one attached hydrogen (secondary N) is 1. The number of anilines is 1. The van der Waals surface area contributed by atoms with E-state index in [4.69, 9.17) is 4.74 Å². The molecule has 5 rings (SSSR count). The van der Waals surface area contributed by atoms with E-state index in [-0.39, 0.29) is 24.7 Å². The fraction of sp³-hybridized carbons (Fsp3) is 0.318. The summed E-state index contributed by atoms with van der Waals surface area (Å²) in [6, 6.07) is 9.97. The van der Waals surface area contributed by atoms with Gasteiger partial charge in [0.15, 0.2) is 0 Å². The van der Waals surface area contributed by atoms with Gasteiger partial charge in [-0.05, 0) is 30.3 Å². The van der Waals surface area contributed by atoms with Gasteiger partial charge >= 0.3 is 6.18 Å². The second kappa shape index (κ2) is 6.91. The highest BCUT2D eigenvalue weighted by atomic mass is 19.4. The van der Waals surface area contributed by atoms with Crippen molar-refractivity contribution in [3.05, 3.63) is 72.1 Å². The van der Waals surface area contributed by atoms with Crippen molar-refractivity contribution in [2.75, 3.05) is 11.4 Å². The molecule has 1 aromatic heterocycles. The van der Waals surface area contributed by atoms with Crippen LogP contribution in [0.1, 0.15) is 11.3 Å². The number of alkyl halides is 3. The second-order valence-corrected chi connectivity index (χ2v) is 7.91. The van der Waals surface area contributed by atoms with Crippen LogP contribution in [0.2, 0.25) is 0 Å². The van der Waals surface area contributed by atoms with Crippen LogP contribution in [0.15, 0.2) is 60.8 Å². The Balaban J connectivity index is 1.39. The maximum atomic E-state index is 13.3. The molecule has 3 aliphatic rings. The van der Waals surface area contributed by atoms with Crippen molar-refractivity contribution in [3.63, 3.8) is 0 Å². The first-order valence-corrected chi connectivity index (χ1v) is 9.82. The third-order valence-corrected chi connectivity index (χ3v) is 6.06. The van der Waals surface area contributed by atoms with Gasteiger partial charge in [-0.1, -0.05) is 24.3 Å². The van der Waals surface area contributed by atoms with E-state index in [1.807, 2.05) is 0 Å². The number of aromatic nitrogens is 1. The number of halogens is 3. The van der Waals surface area contributed by atoms with Crippen LogP contribution in [0.3, 0.4) is 0 Å². The Morgan fingerprint density at radius 1 is 1.26 bits per heavy atom. The Labute approximate surface area is 175 Å².